The second-order valence-corrected chi connectivity index (χ2v) is 6.34. The number of benzene rings is 2. The molecule has 4 nitrogen and oxygen atoms in total. The van der Waals surface area contributed by atoms with Crippen molar-refractivity contribution in [3.05, 3.63) is 70.7 Å². The van der Waals surface area contributed by atoms with E-state index >= 15 is 0 Å². The van der Waals surface area contributed by atoms with Gasteiger partial charge in [0, 0.05) is 24.5 Å². The molecule has 0 bridgehead atoms. The molecule has 1 saturated heterocycles. The van der Waals surface area contributed by atoms with Gasteiger partial charge in [0.2, 0.25) is 11.8 Å². The number of nitrogens with zero attached hydrogens (tertiary/aromatic N) is 1. The minimum absolute atomic E-state index is 0.0329. The molecule has 24 heavy (non-hydrogen) atoms. The van der Waals surface area contributed by atoms with Gasteiger partial charge in [0.05, 0.1) is 0 Å². The van der Waals surface area contributed by atoms with Gasteiger partial charge in [-0.2, -0.15) is 0 Å². The van der Waals surface area contributed by atoms with E-state index < -0.39 is 6.04 Å². The summed E-state index contributed by atoms with van der Waals surface area (Å²) in [5, 5.41) is 3.59. The molecule has 0 aliphatic carbocycles. The van der Waals surface area contributed by atoms with Gasteiger partial charge in [-0.25, -0.2) is 0 Å². The monoisotopic (exact) mass is 342 g/mol. The van der Waals surface area contributed by atoms with Gasteiger partial charge in [-0.15, -0.1) is 0 Å². The average Bonchev–Trinajstić information content (AvgIpc) is 2.96. The molecule has 2 amide bonds. The molecule has 0 saturated carbocycles. The highest BCUT2D eigenvalue weighted by Gasteiger charge is 2.35. The Labute approximate surface area is 146 Å². The first kappa shape index (κ1) is 16.5. The third-order valence-corrected chi connectivity index (χ3v) is 4.46. The van der Waals surface area contributed by atoms with Crippen LogP contribution in [0, 0.1) is 0 Å². The summed E-state index contributed by atoms with van der Waals surface area (Å²) >= 11 is 5.86. The van der Waals surface area contributed by atoms with Crippen molar-refractivity contribution in [3.8, 4) is 0 Å². The van der Waals surface area contributed by atoms with Gasteiger partial charge in [-0.3, -0.25) is 9.59 Å². The maximum Gasteiger partial charge on any atom is 0.243 e. The lowest BCUT2D eigenvalue weighted by Crippen LogP contribution is -2.44. The van der Waals surface area contributed by atoms with E-state index in [1.54, 1.807) is 17.0 Å². The van der Waals surface area contributed by atoms with Crippen LogP contribution in [0.4, 0.5) is 0 Å². The Morgan fingerprint density at radius 2 is 1.79 bits per heavy atom. The van der Waals surface area contributed by atoms with Crippen LogP contribution >= 0.6 is 11.6 Å². The van der Waals surface area contributed by atoms with Crippen molar-refractivity contribution in [3.63, 3.8) is 0 Å². The molecule has 0 aromatic heterocycles. The van der Waals surface area contributed by atoms with E-state index in [2.05, 4.69) is 5.32 Å². The molecule has 124 valence electrons. The van der Waals surface area contributed by atoms with Crippen LogP contribution in [0.3, 0.4) is 0 Å². The Morgan fingerprint density at radius 1 is 1.08 bits per heavy atom. The summed E-state index contributed by atoms with van der Waals surface area (Å²) in [4.78, 5) is 26.3. The van der Waals surface area contributed by atoms with Gasteiger partial charge in [0.1, 0.15) is 6.04 Å². The van der Waals surface area contributed by atoms with Gasteiger partial charge >= 0.3 is 0 Å². The Morgan fingerprint density at radius 3 is 2.50 bits per heavy atom. The van der Waals surface area contributed by atoms with Crippen molar-refractivity contribution >= 4 is 23.4 Å². The highest BCUT2D eigenvalue weighted by molar-refractivity contribution is 6.30. The first-order valence-electron chi connectivity index (χ1n) is 7.99. The second-order valence-electron chi connectivity index (χ2n) is 5.91. The van der Waals surface area contributed by atoms with Crippen LogP contribution in [0.15, 0.2) is 54.6 Å². The number of halogens is 1. The predicted octanol–water partition coefficient (Wildman–Crippen LogP) is 3.15. The van der Waals surface area contributed by atoms with Crippen LogP contribution < -0.4 is 5.32 Å². The van der Waals surface area contributed by atoms with Crippen molar-refractivity contribution in [2.24, 2.45) is 0 Å². The Bertz CT molecular complexity index is 716. The summed E-state index contributed by atoms with van der Waals surface area (Å²) in [6.07, 6.45) is 0.990. The first-order chi connectivity index (χ1) is 11.6. The van der Waals surface area contributed by atoms with E-state index in [0.29, 0.717) is 31.0 Å². The molecule has 1 atom stereocenters. The zero-order valence-corrected chi connectivity index (χ0v) is 14.0. The molecule has 1 unspecified atom stereocenters. The molecule has 1 fully saturated rings. The average molecular weight is 343 g/mol. The standard InChI is InChI=1S/C19H19ClN2O2/c20-16-8-6-14(7-9-16)12-21-19(24)17-10-11-18(23)22(17)13-15-4-2-1-3-5-15/h1-9,17H,10-13H2,(H,21,24). The van der Waals surface area contributed by atoms with Crippen LogP contribution in [0.1, 0.15) is 24.0 Å². The Hall–Kier alpha value is -2.33. The van der Waals surface area contributed by atoms with Crippen LogP contribution in [-0.4, -0.2) is 22.8 Å². The number of carbonyl (C=O) groups is 2. The molecule has 0 radical (unpaired) electrons. The third kappa shape index (κ3) is 3.95. The minimum Gasteiger partial charge on any atom is -0.350 e. The highest BCUT2D eigenvalue weighted by Crippen LogP contribution is 2.22. The fourth-order valence-corrected chi connectivity index (χ4v) is 3.02. The van der Waals surface area contributed by atoms with Crippen LogP contribution in [-0.2, 0) is 22.7 Å². The van der Waals surface area contributed by atoms with Gasteiger partial charge in [-0.05, 0) is 29.7 Å². The van der Waals surface area contributed by atoms with Crippen molar-refractivity contribution in [2.45, 2.75) is 32.0 Å². The Kier molecular flexibility index (Phi) is 5.16. The van der Waals surface area contributed by atoms with E-state index in [1.165, 1.54) is 0 Å². The zero-order valence-electron chi connectivity index (χ0n) is 13.2. The van der Waals surface area contributed by atoms with Crippen LogP contribution in [0.25, 0.3) is 0 Å². The molecule has 2 aromatic rings. The number of nitrogens with one attached hydrogen (secondary N) is 1. The molecule has 1 heterocycles. The van der Waals surface area contributed by atoms with Gasteiger partial charge in [-0.1, -0.05) is 54.1 Å². The lowest BCUT2D eigenvalue weighted by molar-refractivity contribution is -0.135. The van der Waals surface area contributed by atoms with Crippen molar-refractivity contribution in [1.29, 1.82) is 0 Å². The number of hydrogen-bond donors (Lipinski definition) is 1. The third-order valence-electron chi connectivity index (χ3n) is 4.21. The van der Waals surface area contributed by atoms with E-state index in [9.17, 15) is 9.59 Å². The first-order valence-corrected chi connectivity index (χ1v) is 8.37. The summed E-state index contributed by atoms with van der Waals surface area (Å²) in [5.74, 6) is -0.0720. The summed E-state index contributed by atoms with van der Waals surface area (Å²) in [6, 6.07) is 16.7. The minimum atomic E-state index is -0.398. The maximum absolute atomic E-state index is 12.5. The maximum atomic E-state index is 12.5. The smallest absolute Gasteiger partial charge is 0.243 e. The molecular weight excluding hydrogens is 324 g/mol. The summed E-state index contributed by atoms with van der Waals surface area (Å²) < 4.78 is 0. The topological polar surface area (TPSA) is 49.4 Å². The quantitative estimate of drug-likeness (QED) is 0.907. The number of carbonyl (C=O) groups excluding carboxylic acids is 2. The Balaban J connectivity index is 1.62. The van der Waals surface area contributed by atoms with E-state index in [0.717, 1.165) is 11.1 Å². The van der Waals surface area contributed by atoms with Gasteiger partial charge in [0.25, 0.3) is 0 Å². The molecule has 1 aliphatic heterocycles. The van der Waals surface area contributed by atoms with Crippen molar-refractivity contribution in [1.82, 2.24) is 10.2 Å². The number of likely N-dealkylation sites (tertiary alicyclic amines) is 1. The predicted molar refractivity (Wildman–Crippen MR) is 93.3 cm³/mol. The number of rotatable bonds is 5. The normalized spacial score (nSPS) is 17.1. The van der Waals surface area contributed by atoms with Crippen LogP contribution in [0.2, 0.25) is 5.02 Å². The summed E-state index contributed by atoms with van der Waals surface area (Å²) in [6.45, 7) is 0.901. The highest BCUT2D eigenvalue weighted by atomic mass is 35.5. The summed E-state index contributed by atoms with van der Waals surface area (Å²) in [7, 11) is 0. The lowest BCUT2D eigenvalue weighted by Gasteiger charge is -2.24. The number of amides is 2. The van der Waals surface area contributed by atoms with E-state index in [-0.39, 0.29) is 11.8 Å². The number of hydrogen-bond acceptors (Lipinski definition) is 2. The van der Waals surface area contributed by atoms with E-state index in [4.69, 9.17) is 11.6 Å². The fraction of sp³-hybridized carbons (Fsp3) is 0.263. The summed E-state index contributed by atoms with van der Waals surface area (Å²) in [5.41, 5.74) is 2.01. The fourth-order valence-electron chi connectivity index (χ4n) is 2.89. The molecular formula is C19H19ClN2O2. The zero-order chi connectivity index (χ0) is 16.9. The van der Waals surface area contributed by atoms with Crippen molar-refractivity contribution < 1.29 is 9.59 Å². The molecule has 5 heteroatoms. The van der Waals surface area contributed by atoms with Crippen molar-refractivity contribution in [2.75, 3.05) is 0 Å². The SMILES string of the molecule is O=C(NCc1ccc(Cl)cc1)C1CCC(=O)N1Cc1ccccc1. The van der Waals surface area contributed by atoms with Gasteiger partial charge < -0.3 is 10.2 Å². The lowest BCUT2D eigenvalue weighted by atomic mass is 10.1. The molecule has 3 rings (SSSR count). The molecule has 0 spiro atoms. The van der Waals surface area contributed by atoms with Crippen LogP contribution in [0.5, 0.6) is 0 Å². The molecule has 1 aliphatic rings. The molecule has 1 N–H and O–H groups in total. The second kappa shape index (κ2) is 7.49. The van der Waals surface area contributed by atoms with Gasteiger partial charge in [0.15, 0.2) is 0 Å². The molecule has 2 aromatic carbocycles. The largest absolute Gasteiger partial charge is 0.350 e. The van der Waals surface area contributed by atoms with E-state index in [1.807, 2.05) is 42.5 Å².